The molecule has 4 aliphatic rings. The highest BCUT2D eigenvalue weighted by Gasteiger charge is 2.46. The minimum atomic E-state index is -5.08. The van der Waals surface area contributed by atoms with Gasteiger partial charge in [-0.2, -0.15) is 13.2 Å². The van der Waals surface area contributed by atoms with Crippen LogP contribution in [0, 0.1) is 11.8 Å². The van der Waals surface area contributed by atoms with Crippen LogP contribution in [0.25, 0.3) is 0 Å². The monoisotopic (exact) mass is 466 g/mol. The third-order valence-corrected chi connectivity index (χ3v) is 7.59. The largest absolute Gasteiger partial charge is 0.490 e. The highest BCUT2D eigenvalue weighted by Crippen LogP contribution is 2.52. The topological polar surface area (TPSA) is 69.6 Å². The zero-order chi connectivity index (χ0) is 23.6. The van der Waals surface area contributed by atoms with Gasteiger partial charge in [0.2, 0.25) is 5.91 Å². The van der Waals surface area contributed by atoms with E-state index >= 15 is 0 Å². The van der Waals surface area contributed by atoms with E-state index in [0.29, 0.717) is 17.8 Å². The van der Waals surface area contributed by atoms with Crippen molar-refractivity contribution in [2.24, 2.45) is 11.8 Å². The van der Waals surface area contributed by atoms with Gasteiger partial charge < -0.3 is 15.3 Å². The number of rotatable bonds is 6. The van der Waals surface area contributed by atoms with Crippen molar-refractivity contribution in [3.63, 3.8) is 0 Å². The summed E-state index contributed by atoms with van der Waals surface area (Å²) < 4.78 is 31.7. The molecular formula is C25H33F3N2O3. The summed E-state index contributed by atoms with van der Waals surface area (Å²) >= 11 is 0. The molecule has 1 spiro atoms. The second kappa shape index (κ2) is 9.65. The van der Waals surface area contributed by atoms with E-state index in [4.69, 9.17) is 9.90 Å². The normalized spacial score (nSPS) is 24.0. The van der Waals surface area contributed by atoms with E-state index in [9.17, 15) is 18.0 Å². The minimum absolute atomic E-state index is 0.264. The molecule has 2 saturated carbocycles. The Balaban J connectivity index is 0.000000325. The fourth-order valence-corrected chi connectivity index (χ4v) is 5.39. The number of aliphatic carboxylic acids is 1. The van der Waals surface area contributed by atoms with Gasteiger partial charge in [-0.15, -0.1) is 0 Å². The van der Waals surface area contributed by atoms with Crippen LogP contribution in [0.1, 0.15) is 68.4 Å². The van der Waals surface area contributed by atoms with Crippen molar-refractivity contribution in [1.82, 2.24) is 10.2 Å². The van der Waals surface area contributed by atoms with E-state index in [1.807, 2.05) is 0 Å². The molecule has 0 bridgehead atoms. The predicted octanol–water partition coefficient (Wildman–Crippen LogP) is 4.47. The van der Waals surface area contributed by atoms with E-state index < -0.39 is 12.1 Å². The van der Waals surface area contributed by atoms with Crippen LogP contribution in [0.15, 0.2) is 24.3 Å². The first kappa shape index (κ1) is 24.0. The van der Waals surface area contributed by atoms with Crippen LogP contribution in [0.2, 0.25) is 0 Å². The Bertz CT molecular complexity index is 857. The number of likely N-dealkylation sites (tertiary alicyclic amines) is 1. The molecule has 3 aliphatic carbocycles. The number of nitrogens with zero attached hydrogens (tertiary/aromatic N) is 1. The zero-order valence-corrected chi connectivity index (χ0v) is 18.9. The van der Waals surface area contributed by atoms with Gasteiger partial charge >= 0.3 is 12.1 Å². The molecule has 33 heavy (non-hydrogen) atoms. The van der Waals surface area contributed by atoms with Gasteiger partial charge in [0, 0.05) is 19.5 Å². The van der Waals surface area contributed by atoms with Crippen LogP contribution < -0.4 is 5.32 Å². The number of carboxylic acid groups (broad SMARTS) is 1. The molecule has 1 heterocycles. The molecule has 1 amide bonds. The second-order valence-electron chi connectivity index (χ2n) is 10.3. The first-order valence-corrected chi connectivity index (χ1v) is 12.0. The van der Waals surface area contributed by atoms with Crippen molar-refractivity contribution < 1.29 is 27.9 Å². The van der Waals surface area contributed by atoms with Gasteiger partial charge in [-0.1, -0.05) is 24.3 Å². The van der Waals surface area contributed by atoms with E-state index in [2.05, 4.69) is 34.5 Å². The van der Waals surface area contributed by atoms with Crippen LogP contribution in [0.4, 0.5) is 13.2 Å². The number of carbonyl (C=O) groups is 2. The molecule has 0 aromatic heterocycles. The summed E-state index contributed by atoms with van der Waals surface area (Å²) in [7, 11) is 0. The molecule has 5 nitrogen and oxygen atoms in total. The van der Waals surface area contributed by atoms with Crippen molar-refractivity contribution in [2.75, 3.05) is 26.2 Å². The highest BCUT2D eigenvalue weighted by molar-refractivity contribution is 5.77. The van der Waals surface area contributed by atoms with Gasteiger partial charge in [0.1, 0.15) is 0 Å². The number of amides is 1. The standard InChI is InChI=1S/C23H32N2O.C2HF3O2/c26-22(24-15-17-5-6-17)13-19-14-23(21-4-2-1-3-20(19)21)9-11-25(12-10-23)16-18-7-8-18;3-2(4,5)1(6)7/h1-4,17-19H,5-16H2,(H,24,26);(H,6,7). The quantitative estimate of drug-likeness (QED) is 0.649. The molecule has 3 fully saturated rings. The lowest BCUT2D eigenvalue weighted by Gasteiger charge is -2.40. The number of piperidine rings is 1. The number of hydrogen-bond acceptors (Lipinski definition) is 3. The van der Waals surface area contributed by atoms with Crippen LogP contribution >= 0.6 is 0 Å². The van der Waals surface area contributed by atoms with E-state index in [0.717, 1.165) is 18.4 Å². The Morgan fingerprint density at radius 2 is 1.67 bits per heavy atom. The molecule has 5 rings (SSSR count). The van der Waals surface area contributed by atoms with Crippen LogP contribution in [-0.2, 0) is 15.0 Å². The van der Waals surface area contributed by atoms with Crippen molar-refractivity contribution in [2.45, 2.75) is 68.9 Å². The first-order valence-electron chi connectivity index (χ1n) is 12.0. The minimum Gasteiger partial charge on any atom is -0.475 e. The van der Waals surface area contributed by atoms with Crippen LogP contribution in [-0.4, -0.2) is 54.2 Å². The lowest BCUT2D eigenvalue weighted by molar-refractivity contribution is -0.192. The summed E-state index contributed by atoms with van der Waals surface area (Å²) in [5.74, 6) is -0.326. The average molecular weight is 467 g/mol. The summed E-state index contributed by atoms with van der Waals surface area (Å²) in [5, 5.41) is 10.3. The third-order valence-electron chi connectivity index (χ3n) is 7.59. The number of carbonyl (C=O) groups excluding carboxylic acids is 1. The van der Waals surface area contributed by atoms with E-state index in [1.165, 1.54) is 70.1 Å². The number of hydrogen-bond donors (Lipinski definition) is 2. The van der Waals surface area contributed by atoms with Crippen molar-refractivity contribution in [3.05, 3.63) is 35.4 Å². The fourth-order valence-electron chi connectivity index (χ4n) is 5.39. The maximum Gasteiger partial charge on any atom is 0.490 e. The molecule has 1 aromatic rings. The number of alkyl halides is 3. The Morgan fingerprint density at radius 3 is 2.24 bits per heavy atom. The molecule has 182 valence electrons. The lowest BCUT2D eigenvalue weighted by atomic mass is 9.73. The molecule has 8 heteroatoms. The predicted molar refractivity (Wildman–Crippen MR) is 118 cm³/mol. The fraction of sp³-hybridized carbons (Fsp3) is 0.680. The molecule has 1 aromatic carbocycles. The Hall–Kier alpha value is -2.09. The van der Waals surface area contributed by atoms with Gasteiger partial charge in [-0.25, -0.2) is 4.79 Å². The Morgan fingerprint density at radius 1 is 1.06 bits per heavy atom. The summed E-state index contributed by atoms with van der Waals surface area (Å²) in [4.78, 5) is 24.1. The second-order valence-corrected chi connectivity index (χ2v) is 10.3. The van der Waals surface area contributed by atoms with Gasteiger partial charge in [0.25, 0.3) is 0 Å². The highest BCUT2D eigenvalue weighted by atomic mass is 19.4. The Labute approximate surface area is 192 Å². The summed E-state index contributed by atoms with van der Waals surface area (Å²) in [6.45, 7) is 4.70. The molecule has 1 unspecified atom stereocenters. The molecular weight excluding hydrogens is 433 g/mol. The number of halogens is 3. The molecule has 2 N–H and O–H groups in total. The van der Waals surface area contributed by atoms with Gasteiger partial charge in [-0.3, -0.25) is 4.79 Å². The average Bonchev–Trinajstić information content (AvgIpc) is 3.70. The maximum absolute atomic E-state index is 12.5. The van der Waals surface area contributed by atoms with Crippen molar-refractivity contribution in [1.29, 1.82) is 0 Å². The van der Waals surface area contributed by atoms with Crippen molar-refractivity contribution in [3.8, 4) is 0 Å². The van der Waals surface area contributed by atoms with Crippen LogP contribution in [0.5, 0.6) is 0 Å². The van der Waals surface area contributed by atoms with Gasteiger partial charge in [0.05, 0.1) is 0 Å². The Kier molecular flexibility index (Phi) is 7.03. The molecule has 1 atom stereocenters. The summed E-state index contributed by atoms with van der Waals surface area (Å²) in [6, 6.07) is 9.01. The smallest absolute Gasteiger partial charge is 0.475 e. The summed E-state index contributed by atoms with van der Waals surface area (Å²) in [6.07, 6.45) is 4.82. The maximum atomic E-state index is 12.5. The van der Waals surface area contributed by atoms with Gasteiger partial charge in [-0.05, 0) is 92.3 Å². The summed E-state index contributed by atoms with van der Waals surface area (Å²) in [5.41, 5.74) is 3.36. The SMILES string of the molecule is O=C(CC1CC2(CCN(CC3CC3)CC2)c2ccccc21)NCC1CC1.O=C(O)C(F)(F)F. The zero-order valence-electron chi connectivity index (χ0n) is 18.9. The van der Waals surface area contributed by atoms with E-state index in [1.54, 1.807) is 5.56 Å². The molecule has 1 saturated heterocycles. The van der Waals surface area contributed by atoms with E-state index in [-0.39, 0.29) is 5.91 Å². The van der Waals surface area contributed by atoms with Crippen LogP contribution in [0.3, 0.4) is 0 Å². The first-order chi connectivity index (χ1) is 15.7. The number of fused-ring (bicyclic) bond motifs is 2. The lowest BCUT2D eigenvalue weighted by Crippen LogP contribution is -2.42. The van der Waals surface area contributed by atoms with Crippen molar-refractivity contribution >= 4 is 11.9 Å². The number of benzene rings is 1. The number of nitrogens with one attached hydrogen (secondary N) is 1. The third kappa shape index (κ3) is 6.28. The number of carboxylic acids is 1. The molecule has 0 radical (unpaired) electrons. The van der Waals surface area contributed by atoms with Gasteiger partial charge in [0.15, 0.2) is 0 Å². The molecule has 1 aliphatic heterocycles.